The highest BCUT2D eigenvalue weighted by Crippen LogP contribution is 2.40. The molecule has 0 unspecified atom stereocenters. The lowest BCUT2D eigenvalue weighted by molar-refractivity contribution is 0.206. The van der Waals surface area contributed by atoms with Crippen LogP contribution in [0, 0.1) is 5.82 Å². The van der Waals surface area contributed by atoms with Gasteiger partial charge in [0.1, 0.15) is 17.1 Å². The summed E-state index contributed by atoms with van der Waals surface area (Å²) in [4.78, 5) is 13.2. The molecule has 2 aromatic carbocycles. The van der Waals surface area contributed by atoms with Crippen LogP contribution >= 0.6 is 11.6 Å². The van der Waals surface area contributed by atoms with Gasteiger partial charge in [-0.3, -0.25) is 14.9 Å². The molecule has 3 heterocycles. The molecule has 1 atom stereocenters. The van der Waals surface area contributed by atoms with Crippen LogP contribution in [0.2, 0.25) is 5.02 Å². The van der Waals surface area contributed by atoms with Crippen molar-refractivity contribution in [1.82, 2.24) is 14.9 Å². The van der Waals surface area contributed by atoms with E-state index in [1.807, 2.05) is 42.5 Å². The van der Waals surface area contributed by atoms with Gasteiger partial charge in [-0.05, 0) is 42.5 Å². The largest absolute Gasteiger partial charge is 0.505 e. The highest BCUT2D eigenvalue weighted by molar-refractivity contribution is 6.35. The third-order valence-electron chi connectivity index (χ3n) is 5.98. The Hall–Kier alpha value is -3.22. The summed E-state index contributed by atoms with van der Waals surface area (Å²) in [6.07, 6.45) is 3.39. The molecule has 0 amide bonds. The molecule has 0 bridgehead atoms. The van der Waals surface area contributed by atoms with Gasteiger partial charge in [-0.25, -0.2) is 4.39 Å². The highest BCUT2D eigenvalue weighted by atomic mass is 35.5. The number of hydrogen-bond acceptors (Lipinski definition) is 5. The van der Waals surface area contributed by atoms with Gasteiger partial charge in [0.05, 0.1) is 22.4 Å². The van der Waals surface area contributed by atoms with Gasteiger partial charge < -0.3 is 10.0 Å². The molecule has 0 radical (unpaired) electrons. The van der Waals surface area contributed by atoms with Crippen LogP contribution < -0.4 is 4.90 Å². The summed E-state index contributed by atoms with van der Waals surface area (Å²) in [5.41, 5.74) is 2.57. The van der Waals surface area contributed by atoms with Gasteiger partial charge in [-0.15, -0.1) is 0 Å². The third kappa shape index (κ3) is 3.76. The van der Waals surface area contributed by atoms with E-state index in [0.717, 1.165) is 5.69 Å². The Kier molecular flexibility index (Phi) is 5.64. The zero-order chi connectivity index (χ0) is 22.1. The second kappa shape index (κ2) is 8.73. The summed E-state index contributed by atoms with van der Waals surface area (Å²) in [7, 11) is 0. The van der Waals surface area contributed by atoms with E-state index in [1.165, 1.54) is 6.07 Å². The number of para-hydroxylation sites is 1. The Labute approximate surface area is 190 Å². The van der Waals surface area contributed by atoms with Crippen molar-refractivity contribution >= 4 is 28.2 Å². The van der Waals surface area contributed by atoms with E-state index in [9.17, 15) is 9.50 Å². The average Bonchev–Trinajstić information content (AvgIpc) is 2.84. The highest BCUT2D eigenvalue weighted by Gasteiger charge is 2.31. The van der Waals surface area contributed by atoms with E-state index in [1.54, 1.807) is 24.5 Å². The molecule has 0 saturated carbocycles. The first-order valence-corrected chi connectivity index (χ1v) is 10.9. The summed E-state index contributed by atoms with van der Waals surface area (Å²) < 4.78 is 14.3. The summed E-state index contributed by atoms with van der Waals surface area (Å²) in [5, 5.41) is 12.4. The Morgan fingerprint density at radius 2 is 1.66 bits per heavy atom. The topological polar surface area (TPSA) is 52.5 Å². The van der Waals surface area contributed by atoms with Gasteiger partial charge in [0.25, 0.3) is 0 Å². The van der Waals surface area contributed by atoms with Gasteiger partial charge in [-0.1, -0.05) is 29.8 Å². The first-order chi connectivity index (χ1) is 15.6. The van der Waals surface area contributed by atoms with Gasteiger partial charge >= 0.3 is 0 Å². The van der Waals surface area contributed by atoms with Crippen molar-refractivity contribution in [1.29, 1.82) is 0 Å². The van der Waals surface area contributed by atoms with E-state index in [4.69, 9.17) is 11.6 Å². The van der Waals surface area contributed by atoms with E-state index < -0.39 is 0 Å². The zero-order valence-electron chi connectivity index (χ0n) is 17.3. The van der Waals surface area contributed by atoms with Crippen LogP contribution in [-0.4, -0.2) is 46.2 Å². The second-order valence-corrected chi connectivity index (χ2v) is 8.23. The van der Waals surface area contributed by atoms with Gasteiger partial charge in [0.15, 0.2) is 0 Å². The number of fused-ring (bicyclic) bond motifs is 1. The van der Waals surface area contributed by atoms with Crippen molar-refractivity contribution < 1.29 is 9.50 Å². The number of piperazine rings is 1. The summed E-state index contributed by atoms with van der Waals surface area (Å²) >= 11 is 6.59. The third-order valence-corrected chi connectivity index (χ3v) is 6.29. The average molecular weight is 449 g/mol. The molecule has 5 rings (SSSR count). The molecule has 1 aliphatic heterocycles. The molecule has 1 saturated heterocycles. The molecule has 0 aliphatic carbocycles. The maximum Gasteiger partial charge on any atom is 0.147 e. The lowest BCUT2D eigenvalue weighted by Gasteiger charge is -2.40. The molecule has 1 N–H and O–H groups in total. The van der Waals surface area contributed by atoms with E-state index in [2.05, 4.69) is 19.8 Å². The Morgan fingerprint density at radius 3 is 2.41 bits per heavy atom. The van der Waals surface area contributed by atoms with Gasteiger partial charge in [0.2, 0.25) is 0 Å². The van der Waals surface area contributed by atoms with Crippen molar-refractivity contribution in [3.05, 3.63) is 95.2 Å². The number of aromatic nitrogens is 2. The van der Waals surface area contributed by atoms with E-state index in [0.29, 0.717) is 53.4 Å². The normalized spacial score (nSPS) is 15.8. The molecule has 32 heavy (non-hydrogen) atoms. The minimum absolute atomic E-state index is 0.109. The quantitative estimate of drug-likeness (QED) is 0.474. The Bertz CT molecular complexity index is 1250. The predicted molar refractivity (Wildman–Crippen MR) is 125 cm³/mol. The zero-order valence-corrected chi connectivity index (χ0v) is 18.1. The van der Waals surface area contributed by atoms with Crippen LogP contribution in [0.15, 0.2) is 73.1 Å². The number of hydrogen-bond donors (Lipinski definition) is 1. The number of benzene rings is 2. The smallest absolute Gasteiger partial charge is 0.147 e. The van der Waals surface area contributed by atoms with Crippen molar-refractivity contribution in [2.24, 2.45) is 0 Å². The number of anilines is 1. The fourth-order valence-electron chi connectivity index (χ4n) is 4.42. The molecular weight excluding hydrogens is 427 g/mol. The molecule has 1 fully saturated rings. The number of nitrogens with zero attached hydrogens (tertiary/aromatic N) is 4. The van der Waals surface area contributed by atoms with Crippen LogP contribution in [0.3, 0.4) is 0 Å². The van der Waals surface area contributed by atoms with Crippen LogP contribution in [-0.2, 0) is 0 Å². The molecule has 2 aromatic heterocycles. The van der Waals surface area contributed by atoms with Gasteiger partial charge in [-0.2, -0.15) is 0 Å². The van der Waals surface area contributed by atoms with Crippen LogP contribution in [0.5, 0.6) is 5.75 Å². The maximum atomic E-state index is 14.3. The predicted octanol–water partition coefficient (Wildman–Crippen LogP) is 5.04. The van der Waals surface area contributed by atoms with Crippen molar-refractivity contribution in [3.8, 4) is 5.75 Å². The summed E-state index contributed by atoms with van der Waals surface area (Å²) in [6, 6.07) is 17.7. The minimum atomic E-state index is -0.303. The molecular formula is C25H22ClFN4O. The lowest BCUT2D eigenvalue weighted by Crippen LogP contribution is -2.48. The second-order valence-electron chi connectivity index (χ2n) is 7.83. The minimum Gasteiger partial charge on any atom is -0.505 e. The van der Waals surface area contributed by atoms with Crippen molar-refractivity contribution in [3.63, 3.8) is 0 Å². The fourth-order valence-corrected chi connectivity index (χ4v) is 4.69. The molecule has 4 aromatic rings. The first kappa shape index (κ1) is 20.7. The number of halogens is 2. The summed E-state index contributed by atoms with van der Waals surface area (Å²) in [5.74, 6) is -0.107. The Morgan fingerprint density at radius 1 is 0.906 bits per heavy atom. The van der Waals surface area contributed by atoms with Crippen molar-refractivity contribution in [2.45, 2.75) is 6.04 Å². The number of pyridine rings is 2. The molecule has 1 aliphatic rings. The maximum absolute atomic E-state index is 14.3. The van der Waals surface area contributed by atoms with Crippen LogP contribution in [0.25, 0.3) is 10.9 Å². The standard InChI is InChI=1S/C25H22ClFN4O/c26-19-16-18(25(32)23-17(19)6-5-11-29-23)24(21-8-3-4-10-28-21)31-14-12-30(13-15-31)22-9-2-1-7-20(22)27/h1-11,16,24,32H,12-15H2/t24-/m0/s1. The number of rotatable bonds is 4. The lowest BCUT2D eigenvalue weighted by atomic mass is 9.97. The summed E-state index contributed by atoms with van der Waals surface area (Å²) in [6.45, 7) is 2.66. The SMILES string of the molecule is Oc1c([C@@H](c2ccccn2)N2CCN(c3ccccc3F)CC2)cc(Cl)c2cccnc12. The monoisotopic (exact) mass is 448 g/mol. The first-order valence-electron chi connectivity index (χ1n) is 10.5. The van der Waals surface area contributed by atoms with Crippen LogP contribution in [0.4, 0.5) is 10.1 Å². The Balaban J connectivity index is 1.52. The van der Waals surface area contributed by atoms with E-state index in [-0.39, 0.29) is 17.6 Å². The molecule has 7 heteroatoms. The molecule has 162 valence electrons. The van der Waals surface area contributed by atoms with E-state index >= 15 is 0 Å². The van der Waals surface area contributed by atoms with Crippen molar-refractivity contribution in [2.75, 3.05) is 31.1 Å². The fraction of sp³-hybridized carbons (Fsp3) is 0.200. The van der Waals surface area contributed by atoms with Gasteiger partial charge in [0, 0.05) is 49.5 Å². The number of aromatic hydroxyl groups is 1. The number of phenolic OH excluding ortho intramolecular Hbond substituents is 1. The molecule has 5 nitrogen and oxygen atoms in total. The van der Waals surface area contributed by atoms with Crippen LogP contribution in [0.1, 0.15) is 17.3 Å². The number of phenols is 1. The molecule has 0 spiro atoms.